The summed E-state index contributed by atoms with van der Waals surface area (Å²) in [5, 5.41) is 16.8. The van der Waals surface area contributed by atoms with Crippen molar-refractivity contribution in [3.63, 3.8) is 0 Å². The highest BCUT2D eigenvalue weighted by Gasteiger charge is 2.15. The summed E-state index contributed by atoms with van der Waals surface area (Å²) in [7, 11) is 1.17. The largest absolute Gasteiger partial charge is 0.335 e. The molecule has 0 aliphatic heterocycles. The van der Waals surface area contributed by atoms with Gasteiger partial charge in [0.15, 0.2) is 0 Å². The van der Waals surface area contributed by atoms with Gasteiger partial charge in [-0.1, -0.05) is 6.92 Å². The Labute approximate surface area is 39.4 Å². The van der Waals surface area contributed by atoms with Crippen LogP contribution in [0.15, 0.2) is 0 Å². The first-order valence-corrected chi connectivity index (χ1v) is 2.57. The first-order valence-electron chi connectivity index (χ1n) is 1.86. The van der Waals surface area contributed by atoms with Crippen LogP contribution in [0.3, 0.4) is 0 Å². The van der Waals surface area contributed by atoms with Crippen LogP contribution in [0.2, 0.25) is 0 Å². The molecule has 0 aromatic rings. The van der Waals surface area contributed by atoms with Crippen LogP contribution in [0.1, 0.15) is 13.3 Å². The normalized spacial score (nSPS) is 12.5. The lowest BCUT2D eigenvalue weighted by Gasteiger charge is -2.03. The molecule has 0 bridgehead atoms. The van der Waals surface area contributed by atoms with Gasteiger partial charge in [-0.05, 0) is 0 Å². The minimum atomic E-state index is -1.43. The Balaban J connectivity index is 3.17. The smallest absolute Gasteiger partial charge is 0.270 e. The van der Waals surface area contributed by atoms with Crippen molar-refractivity contribution in [2.24, 2.45) is 0 Å². The highest BCUT2D eigenvalue weighted by atomic mass is 31.0. The van der Waals surface area contributed by atoms with Gasteiger partial charge in [0.1, 0.15) is 0 Å². The minimum Gasteiger partial charge on any atom is -0.335 e. The van der Waals surface area contributed by atoms with Crippen molar-refractivity contribution >= 4 is 9.24 Å². The van der Waals surface area contributed by atoms with Gasteiger partial charge >= 0.3 is 0 Å². The lowest BCUT2D eigenvalue weighted by atomic mass is 10.5. The van der Waals surface area contributed by atoms with Crippen LogP contribution in [0.25, 0.3) is 0 Å². The third kappa shape index (κ3) is 4.35. The SMILES string of the molecule is CCC(O)(O)[PH3+]. The van der Waals surface area contributed by atoms with Crippen molar-refractivity contribution in [2.75, 3.05) is 0 Å². The van der Waals surface area contributed by atoms with E-state index in [0.29, 0.717) is 6.42 Å². The van der Waals surface area contributed by atoms with E-state index in [1.165, 1.54) is 9.24 Å². The van der Waals surface area contributed by atoms with Crippen molar-refractivity contribution in [2.45, 2.75) is 18.9 Å². The first kappa shape index (κ1) is 6.35. The molecule has 2 N–H and O–H groups in total. The van der Waals surface area contributed by atoms with Gasteiger partial charge in [-0.2, -0.15) is 0 Å². The van der Waals surface area contributed by atoms with Crippen LogP contribution in [0, 0.1) is 0 Å². The van der Waals surface area contributed by atoms with Gasteiger partial charge in [-0.3, -0.25) is 0 Å². The summed E-state index contributed by atoms with van der Waals surface area (Å²) in [6, 6.07) is 0. The van der Waals surface area contributed by atoms with Gasteiger partial charge in [0.2, 0.25) is 0 Å². The molecule has 0 saturated carbocycles. The fraction of sp³-hybridized carbons (Fsp3) is 1.00. The lowest BCUT2D eigenvalue weighted by Crippen LogP contribution is -2.15. The predicted octanol–water partition coefficient (Wildman–Crippen LogP) is -0.358. The van der Waals surface area contributed by atoms with Gasteiger partial charge in [0.05, 0.1) is 0 Å². The second-order valence-electron chi connectivity index (χ2n) is 1.34. The second-order valence-corrected chi connectivity index (χ2v) is 2.47. The van der Waals surface area contributed by atoms with Crippen molar-refractivity contribution in [1.29, 1.82) is 0 Å². The Hall–Kier alpha value is 0.350. The molecule has 0 spiro atoms. The summed E-state index contributed by atoms with van der Waals surface area (Å²) < 4.78 is 0. The molecule has 1 atom stereocenters. The molecule has 0 radical (unpaired) electrons. The van der Waals surface area contributed by atoms with Gasteiger partial charge in [0.25, 0.3) is 5.53 Å². The third-order valence-corrected chi connectivity index (χ3v) is 1.07. The molecule has 1 unspecified atom stereocenters. The van der Waals surface area contributed by atoms with Gasteiger partial charge in [-0.25, -0.2) is 0 Å². The summed E-state index contributed by atoms with van der Waals surface area (Å²) in [6.07, 6.45) is 0.394. The Kier molecular flexibility index (Phi) is 1.98. The van der Waals surface area contributed by atoms with Crippen molar-refractivity contribution < 1.29 is 10.2 Å². The van der Waals surface area contributed by atoms with E-state index < -0.39 is 5.53 Å². The minimum absolute atomic E-state index is 0.394. The fourth-order valence-electron chi connectivity index (χ4n) is 0. The van der Waals surface area contributed by atoms with Crippen LogP contribution in [-0.4, -0.2) is 15.7 Å². The zero-order valence-electron chi connectivity index (χ0n) is 3.81. The standard InChI is InChI=1S/C3H9O2P/c1-2-3(4,5)6/h4-5H,2,6H2,1H3/p+1. The molecule has 0 fully saturated rings. The molecule has 0 amide bonds. The van der Waals surface area contributed by atoms with E-state index in [-0.39, 0.29) is 0 Å². The molecule has 38 valence electrons. The molecule has 0 saturated heterocycles. The topological polar surface area (TPSA) is 40.5 Å². The van der Waals surface area contributed by atoms with Crippen LogP contribution in [0.5, 0.6) is 0 Å². The van der Waals surface area contributed by atoms with E-state index >= 15 is 0 Å². The highest BCUT2D eigenvalue weighted by Crippen LogP contribution is 2.11. The first-order chi connectivity index (χ1) is 2.56. The molecule has 0 aromatic heterocycles. The van der Waals surface area contributed by atoms with Crippen molar-refractivity contribution in [3.8, 4) is 0 Å². The maximum absolute atomic E-state index is 8.39. The average Bonchev–Trinajstić information content (AvgIpc) is 1.35. The highest BCUT2D eigenvalue weighted by molar-refractivity contribution is 7.18. The van der Waals surface area contributed by atoms with E-state index in [4.69, 9.17) is 10.2 Å². The molecule has 6 heavy (non-hydrogen) atoms. The fourth-order valence-corrected chi connectivity index (χ4v) is 0. The zero-order chi connectivity index (χ0) is 5.21. The van der Waals surface area contributed by atoms with E-state index in [9.17, 15) is 0 Å². The summed E-state index contributed by atoms with van der Waals surface area (Å²) in [5.41, 5.74) is -1.43. The molecule has 0 aromatic carbocycles. The van der Waals surface area contributed by atoms with Crippen LogP contribution >= 0.6 is 9.24 Å². The Morgan fingerprint density at radius 3 is 1.83 bits per heavy atom. The molecule has 0 heterocycles. The molecule has 2 nitrogen and oxygen atoms in total. The van der Waals surface area contributed by atoms with Crippen LogP contribution in [0.4, 0.5) is 0 Å². The Morgan fingerprint density at radius 1 is 1.67 bits per heavy atom. The third-order valence-electron chi connectivity index (χ3n) is 0.566. The molecular weight excluding hydrogens is 99.0 g/mol. The van der Waals surface area contributed by atoms with E-state index in [0.717, 1.165) is 0 Å². The predicted molar refractivity (Wildman–Crippen MR) is 28.6 cm³/mol. The Morgan fingerprint density at radius 2 is 1.83 bits per heavy atom. The van der Waals surface area contributed by atoms with Crippen molar-refractivity contribution in [3.05, 3.63) is 0 Å². The van der Waals surface area contributed by atoms with Gasteiger partial charge in [0, 0.05) is 15.7 Å². The summed E-state index contributed by atoms with van der Waals surface area (Å²) in [5.74, 6) is 0. The quantitative estimate of drug-likeness (QED) is 0.356. The van der Waals surface area contributed by atoms with E-state index in [1.807, 2.05) is 0 Å². The van der Waals surface area contributed by atoms with Gasteiger partial charge < -0.3 is 10.2 Å². The van der Waals surface area contributed by atoms with Gasteiger partial charge in [-0.15, -0.1) is 0 Å². The van der Waals surface area contributed by atoms with E-state index in [1.54, 1.807) is 6.92 Å². The number of rotatable bonds is 1. The summed E-state index contributed by atoms with van der Waals surface area (Å²) >= 11 is 0. The summed E-state index contributed by atoms with van der Waals surface area (Å²) in [4.78, 5) is 0. The van der Waals surface area contributed by atoms with Crippen LogP contribution in [-0.2, 0) is 0 Å². The Bertz CT molecular complexity index is 38.5. The average molecular weight is 109 g/mol. The lowest BCUT2D eigenvalue weighted by molar-refractivity contribution is -0.0788. The molecule has 0 rings (SSSR count). The maximum atomic E-state index is 8.39. The number of aliphatic hydroxyl groups is 2. The van der Waals surface area contributed by atoms with Crippen molar-refractivity contribution in [1.82, 2.24) is 0 Å². The molecule has 3 heteroatoms. The number of hydrogen-bond donors (Lipinski definition) is 2. The maximum Gasteiger partial charge on any atom is 0.270 e. The molecule has 0 aliphatic carbocycles. The summed E-state index contributed by atoms with van der Waals surface area (Å²) in [6.45, 7) is 1.72. The monoisotopic (exact) mass is 109 g/mol. The zero-order valence-corrected chi connectivity index (χ0v) is 5.22. The molecular formula is C3H10O2P+. The second kappa shape index (κ2) is 1.87. The van der Waals surface area contributed by atoms with E-state index in [2.05, 4.69) is 0 Å². The van der Waals surface area contributed by atoms with Crippen LogP contribution < -0.4 is 0 Å². The number of hydrogen-bond acceptors (Lipinski definition) is 2. The molecule has 0 aliphatic rings.